The van der Waals surface area contributed by atoms with Crippen molar-refractivity contribution in [1.82, 2.24) is 20.2 Å². The van der Waals surface area contributed by atoms with Crippen LogP contribution in [0.3, 0.4) is 0 Å². The zero-order chi connectivity index (χ0) is 18.3. The van der Waals surface area contributed by atoms with Gasteiger partial charge in [0, 0.05) is 0 Å². The minimum absolute atomic E-state index is 0.0721. The van der Waals surface area contributed by atoms with Gasteiger partial charge in [-0.1, -0.05) is 11.8 Å². The number of rotatable bonds is 5. The highest BCUT2D eigenvalue weighted by molar-refractivity contribution is 7.98. The number of carbonyl (C=O) groups is 1. The standard InChI is InChI=1S/C16H12N4O4S2/c1-7-11-13(22)17-10(18-15(11)26-12(7)8(2)21)6-25-16-20-19-14(24-16)9-4-3-5-23-9/h3-5H,6H2,1-2H3,(H,17,18,22). The van der Waals surface area contributed by atoms with E-state index in [4.69, 9.17) is 8.83 Å². The molecule has 132 valence electrons. The van der Waals surface area contributed by atoms with E-state index in [0.29, 0.717) is 43.2 Å². The molecule has 8 nitrogen and oxygen atoms in total. The number of aromatic amines is 1. The summed E-state index contributed by atoms with van der Waals surface area (Å²) in [6.45, 7) is 3.24. The summed E-state index contributed by atoms with van der Waals surface area (Å²) in [4.78, 5) is 32.3. The molecule has 26 heavy (non-hydrogen) atoms. The highest BCUT2D eigenvalue weighted by Crippen LogP contribution is 2.29. The van der Waals surface area contributed by atoms with Gasteiger partial charge in [-0.15, -0.1) is 21.5 Å². The summed E-state index contributed by atoms with van der Waals surface area (Å²) in [6.07, 6.45) is 1.52. The van der Waals surface area contributed by atoms with E-state index >= 15 is 0 Å². The average molecular weight is 388 g/mol. The van der Waals surface area contributed by atoms with Gasteiger partial charge in [0.05, 0.1) is 22.3 Å². The van der Waals surface area contributed by atoms with E-state index in [0.717, 1.165) is 0 Å². The summed E-state index contributed by atoms with van der Waals surface area (Å²) in [5, 5.41) is 8.66. The lowest BCUT2D eigenvalue weighted by Crippen LogP contribution is -2.11. The molecule has 0 spiro atoms. The second-order valence-corrected chi connectivity index (χ2v) is 7.37. The lowest BCUT2D eigenvalue weighted by molar-refractivity contribution is 0.102. The van der Waals surface area contributed by atoms with E-state index in [2.05, 4.69) is 20.2 Å². The number of hydrogen-bond donors (Lipinski definition) is 1. The number of ketones is 1. The molecule has 0 aromatic carbocycles. The van der Waals surface area contributed by atoms with Crippen molar-refractivity contribution < 1.29 is 13.6 Å². The van der Waals surface area contributed by atoms with E-state index in [1.165, 1.54) is 36.3 Å². The summed E-state index contributed by atoms with van der Waals surface area (Å²) in [6, 6.07) is 3.45. The van der Waals surface area contributed by atoms with Crippen LogP contribution in [-0.4, -0.2) is 25.9 Å². The Hall–Kier alpha value is -2.72. The SMILES string of the molecule is CC(=O)c1sc2nc(CSc3nnc(-c4ccco4)o3)[nH]c(=O)c2c1C. The van der Waals surface area contributed by atoms with Crippen molar-refractivity contribution in [3.63, 3.8) is 0 Å². The van der Waals surface area contributed by atoms with Crippen LogP contribution in [0.5, 0.6) is 0 Å². The van der Waals surface area contributed by atoms with Crippen LogP contribution in [0, 0.1) is 6.92 Å². The number of fused-ring (bicyclic) bond motifs is 1. The molecule has 0 aliphatic rings. The maximum atomic E-state index is 12.4. The van der Waals surface area contributed by atoms with Crippen molar-refractivity contribution >= 4 is 39.1 Å². The third-order valence-electron chi connectivity index (χ3n) is 3.64. The number of nitrogens with one attached hydrogen (secondary N) is 1. The lowest BCUT2D eigenvalue weighted by Gasteiger charge is -1.98. The zero-order valence-electron chi connectivity index (χ0n) is 13.7. The highest BCUT2D eigenvalue weighted by Gasteiger charge is 2.17. The van der Waals surface area contributed by atoms with Crippen LogP contribution in [0.1, 0.15) is 28.0 Å². The molecule has 0 bridgehead atoms. The van der Waals surface area contributed by atoms with Crippen molar-refractivity contribution in [2.75, 3.05) is 0 Å². The molecule has 4 rings (SSSR count). The van der Waals surface area contributed by atoms with Crippen LogP contribution in [0.2, 0.25) is 0 Å². The van der Waals surface area contributed by atoms with Crippen LogP contribution < -0.4 is 5.56 Å². The molecule has 0 fully saturated rings. The first-order chi connectivity index (χ1) is 12.5. The number of carbonyl (C=O) groups excluding carboxylic acids is 1. The Morgan fingerprint density at radius 2 is 2.23 bits per heavy atom. The fraction of sp³-hybridized carbons (Fsp3) is 0.188. The fourth-order valence-corrected chi connectivity index (χ4v) is 4.22. The Morgan fingerprint density at radius 1 is 1.38 bits per heavy atom. The van der Waals surface area contributed by atoms with Gasteiger partial charge in [-0.2, -0.15) is 0 Å². The Kier molecular flexibility index (Phi) is 4.21. The molecule has 1 N–H and O–H groups in total. The largest absolute Gasteiger partial charge is 0.459 e. The summed E-state index contributed by atoms with van der Waals surface area (Å²) < 4.78 is 10.7. The molecule has 0 unspecified atom stereocenters. The van der Waals surface area contributed by atoms with Gasteiger partial charge in [-0.05, 0) is 31.5 Å². The molecule has 0 atom stereocenters. The second kappa shape index (κ2) is 6.54. The van der Waals surface area contributed by atoms with Crippen LogP contribution >= 0.6 is 23.1 Å². The summed E-state index contributed by atoms with van der Waals surface area (Å²) >= 11 is 2.48. The predicted octanol–water partition coefficient (Wildman–Crippen LogP) is 3.43. The minimum atomic E-state index is -0.256. The number of Topliss-reactive ketones (excluding diaryl/α,β-unsaturated/α-hetero) is 1. The molecular weight excluding hydrogens is 376 g/mol. The average Bonchev–Trinajstić information content (AvgIpc) is 3.32. The molecule has 4 aromatic heterocycles. The zero-order valence-corrected chi connectivity index (χ0v) is 15.4. The van der Waals surface area contributed by atoms with E-state index in [1.807, 2.05) is 0 Å². The van der Waals surface area contributed by atoms with E-state index < -0.39 is 0 Å². The maximum Gasteiger partial charge on any atom is 0.284 e. The van der Waals surface area contributed by atoms with Gasteiger partial charge in [0.25, 0.3) is 16.7 Å². The van der Waals surface area contributed by atoms with Crippen molar-refractivity contribution in [3.8, 4) is 11.7 Å². The van der Waals surface area contributed by atoms with Crippen LogP contribution in [0.25, 0.3) is 21.9 Å². The van der Waals surface area contributed by atoms with Crippen molar-refractivity contribution in [1.29, 1.82) is 0 Å². The van der Waals surface area contributed by atoms with E-state index in [9.17, 15) is 9.59 Å². The molecular formula is C16H12N4O4S2. The van der Waals surface area contributed by atoms with Gasteiger partial charge in [0.2, 0.25) is 0 Å². The lowest BCUT2D eigenvalue weighted by atomic mass is 10.2. The Morgan fingerprint density at radius 3 is 2.96 bits per heavy atom. The molecule has 0 amide bonds. The predicted molar refractivity (Wildman–Crippen MR) is 96.5 cm³/mol. The molecule has 10 heteroatoms. The molecule has 0 saturated carbocycles. The molecule has 4 heterocycles. The van der Waals surface area contributed by atoms with E-state index in [-0.39, 0.29) is 17.2 Å². The molecule has 0 aliphatic carbocycles. The normalized spacial score (nSPS) is 11.3. The number of H-pyrrole nitrogens is 1. The van der Waals surface area contributed by atoms with Gasteiger partial charge in [0.1, 0.15) is 10.7 Å². The Bertz CT molecular complexity index is 1160. The monoisotopic (exact) mass is 388 g/mol. The van der Waals surface area contributed by atoms with Crippen LogP contribution in [-0.2, 0) is 5.75 Å². The topological polar surface area (TPSA) is 115 Å². The van der Waals surface area contributed by atoms with E-state index in [1.54, 1.807) is 19.1 Å². The maximum absolute atomic E-state index is 12.4. The van der Waals surface area contributed by atoms with Crippen molar-refractivity contribution in [2.45, 2.75) is 24.8 Å². The minimum Gasteiger partial charge on any atom is -0.459 e. The number of hydrogen-bond acceptors (Lipinski definition) is 9. The quantitative estimate of drug-likeness (QED) is 0.408. The highest BCUT2D eigenvalue weighted by atomic mass is 32.2. The Balaban J connectivity index is 1.58. The van der Waals surface area contributed by atoms with Crippen LogP contribution in [0.15, 0.2) is 37.2 Å². The van der Waals surface area contributed by atoms with Crippen LogP contribution in [0.4, 0.5) is 0 Å². The third-order valence-corrected chi connectivity index (χ3v) is 5.76. The fourth-order valence-electron chi connectivity index (χ4n) is 2.49. The Labute approximate surface area is 154 Å². The second-order valence-electron chi connectivity index (χ2n) is 5.44. The van der Waals surface area contributed by atoms with Gasteiger partial charge >= 0.3 is 0 Å². The molecule has 0 aliphatic heterocycles. The first-order valence-electron chi connectivity index (χ1n) is 7.56. The van der Waals surface area contributed by atoms with Crippen molar-refractivity contribution in [3.05, 3.63) is 45.0 Å². The first kappa shape index (κ1) is 16.7. The number of thiophene rings is 1. The third kappa shape index (κ3) is 2.97. The van der Waals surface area contributed by atoms with Crippen molar-refractivity contribution in [2.24, 2.45) is 0 Å². The van der Waals surface area contributed by atoms with Gasteiger partial charge < -0.3 is 13.8 Å². The number of thioether (sulfide) groups is 1. The first-order valence-corrected chi connectivity index (χ1v) is 9.36. The summed E-state index contributed by atoms with van der Waals surface area (Å²) in [5.41, 5.74) is 0.416. The number of nitrogens with zero attached hydrogens (tertiary/aromatic N) is 3. The molecule has 0 saturated heterocycles. The van der Waals surface area contributed by atoms with Gasteiger partial charge in [-0.25, -0.2) is 4.98 Å². The number of aromatic nitrogens is 4. The smallest absolute Gasteiger partial charge is 0.284 e. The number of aryl methyl sites for hydroxylation is 1. The summed E-state index contributed by atoms with van der Waals surface area (Å²) in [7, 11) is 0. The summed E-state index contributed by atoms with van der Waals surface area (Å²) in [5.74, 6) is 1.52. The molecule has 0 radical (unpaired) electrons. The molecule has 4 aromatic rings. The number of furan rings is 1. The van der Waals surface area contributed by atoms with Gasteiger partial charge in [0.15, 0.2) is 11.5 Å². The van der Waals surface area contributed by atoms with Gasteiger partial charge in [-0.3, -0.25) is 9.59 Å².